The van der Waals surface area contributed by atoms with Crippen LogP contribution >= 0.6 is 0 Å². The van der Waals surface area contributed by atoms with E-state index in [9.17, 15) is 0 Å². The van der Waals surface area contributed by atoms with Gasteiger partial charge in [0, 0.05) is 17.1 Å². The number of fused-ring (bicyclic) bond motifs is 5. The monoisotopic (exact) mass is 779 g/mol. The second kappa shape index (κ2) is 15.0. The fraction of sp³-hybridized carbons (Fsp3) is 0.0667. The molecular formula is C60H45N. The lowest BCUT2D eigenvalue weighted by Crippen LogP contribution is -2.28. The van der Waals surface area contributed by atoms with Gasteiger partial charge in [-0.05, 0) is 125 Å². The lowest BCUT2D eigenvalue weighted by atomic mass is 9.67. The molecule has 0 bridgehead atoms. The molecular weight excluding hydrogens is 735 g/mol. The van der Waals surface area contributed by atoms with E-state index in [2.05, 4.69) is 249 Å². The molecule has 10 aromatic carbocycles. The maximum absolute atomic E-state index is 2.49. The smallest absolute Gasteiger partial charge is 0.0714 e. The van der Waals surface area contributed by atoms with Crippen LogP contribution in [-0.4, -0.2) is 0 Å². The van der Waals surface area contributed by atoms with Crippen LogP contribution in [0.1, 0.15) is 47.6 Å². The molecule has 0 amide bonds. The first-order valence-corrected chi connectivity index (χ1v) is 21.5. The summed E-state index contributed by atoms with van der Waals surface area (Å²) in [6, 6.07) is 85.3. The van der Waals surface area contributed by atoms with Crippen LogP contribution < -0.4 is 4.90 Å². The topological polar surface area (TPSA) is 3.24 Å². The first kappa shape index (κ1) is 36.6. The van der Waals surface area contributed by atoms with Crippen LogP contribution in [0, 0.1) is 0 Å². The van der Waals surface area contributed by atoms with Gasteiger partial charge in [0.05, 0.1) is 5.41 Å². The normalized spacial score (nSPS) is 12.7. The van der Waals surface area contributed by atoms with Crippen molar-refractivity contribution in [3.05, 3.63) is 258 Å². The highest BCUT2D eigenvalue weighted by Gasteiger charge is 2.47. The second-order valence-electron chi connectivity index (χ2n) is 16.6. The molecule has 0 aliphatic heterocycles. The van der Waals surface area contributed by atoms with Gasteiger partial charge in [0.25, 0.3) is 0 Å². The Kier molecular flexibility index (Phi) is 8.98. The molecule has 0 aromatic heterocycles. The zero-order chi connectivity index (χ0) is 40.9. The zero-order valence-electron chi connectivity index (χ0n) is 34.5. The van der Waals surface area contributed by atoms with Crippen LogP contribution in [0.2, 0.25) is 0 Å². The van der Waals surface area contributed by atoms with E-state index < -0.39 is 5.41 Å². The highest BCUT2D eigenvalue weighted by molar-refractivity contribution is 6.04. The van der Waals surface area contributed by atoms with Crippen molar-refractivity contribution in [1.82, 2.24) is 0 Å². The van der Waals surface area contributed by atoms with E-state index in [1.165, 1.54) is 82.7 Å². The van der Waals surface area contributed by atoms with Crippen LogP contribution in [0.25, 0.3) is 54.9 Å². The van der Waals surface area contributed by atoms with Crippen LogP contribution in [0.3, 0.4) is 0 Å². The van der Waals surface area contributed by atoms with Crippen LogP contribution in [0.4, 0.5) is 17.1 Å². The van der Waals surface area contributed by atoms with Gasteiger partial charge in [0.1, 0.15) is 0 Å². The van der Waals surface area contributed by atoms with Gasteiger partial charge < -0.3 is 4.90 Å². The Morgan fingerprint density at radius 1 is 0.361 bits per heavy atom. The lowest BCUT2D eigenvalue weighted by Gasteiger charge is -2.35. The summed E-state index contributed by atoms with van der Waals surface area (Å²) < 4.78 is 0. The maximum Gasteiger partial charge on any atom is 0.0714 e. The first-order chi connectivity index (χ1) is 30.1. The molecule has 0 radical (unpaired) electrons. The molecule has 1 heteroatoms. The SMILES string of the molecule is CC(C)c1cccc2c1-c1ccc(N(c3ccc(-c4ccc5ccccc5c4-c4ccccc4)cc3)c3ccc4ccccc4c3)cc1C2(c1ccccc1)c1ccccc1. The van der Waals surface area contributed by atoms with Gasteiger partial charge in [0.2, 0.25) is 0 Å². The molecule has 0 saturated carbocycles. The van der Waals surface area contributed by atoms with E-state index in [0.29, 0.717) is 5.92 Å². The number of hydrogen-bond acceptors (Lipinski definition) is 1. The van der Waals surface area contributed by atoms with E-state index in [0.717, 1.165) is 17.1 Å². The van der Waals surface area contributed by atoms with Crippen molar-refractivity contribution in [2.75, 3.05) is 4.90 Å². The largest absolute Gasteiger partial charge is 0.310 e. The van der Waals surface area contributed by atoms with E-state index in [4.69, 9.17) is 0 Å². The van der Waals surface area contributed by atoms with E-state index in [1.807, 2.05) is 0 Å². The highest BCUT2D eigenvalue weighted by Crippen LogP contribution is 2.59. The van der Waals surface area contributed by atoms with Gasteiger partial charge in [-0.15, -0.1) is 0 Å². The minimum atomic E-state index is -0.517. The van der Waals surface area contributed by atoms with Gasteiger partial charge in [-0.2, -0.15) is 0 Å². The summed E-state index contributed by atoms with van der Waals surface area (Å²) in [7, 11) is 0. The summed E-state index contributed by atoms with van der Waals surface area (Å²) in [6.45, 7) is 4.64. The van der Waals surface area contributed by atoms with Gasteiger partial charge in [-0.3, -0.25) is 0 Å². The number of benzene rings is 10. The average molecular weight is 780 g/mol. The van der Waals surface area contributed by atoms with Gasteiger partial charge >= 0.3 is 0 Å². The minimum Gasteiger partial charge on any atom is -0.310 e. The molecule has 0 spiro atoms. The molecule has 0 atom stereocenters. The molecule has 1 aliphatic carbocycles. The zero-order valence-corrected chi connectivity index (χ0v) is 34.5. The fourth-order valence-electron chi connectivity index (χ4n) is 10.2. The Labute approximate surface area is 358 Å². The van der Waals surface area contributed by atoms with Gasteiger partial charge in [0.15, 0.2) is 0 Å². The average Bonchev–Trinajstić information content (AvgIpc) is 3.63. The van der Waals surface area contributed by atoms with E-state index in [1.54, 1.807) is 0 Å². The maximum atomic E-state index is 2.49. The Hall–Kier alpha value is -7.48. The Balaban J connectivity index is 1.14. The van der Waals surface area contributed by atoms with Crippen molar-refractivity contribution in [3.63, 3.8) is 0 Å². The standard InChI is InChI=1S/C60H45N/c1-41(2)52-27-16-28-56-59(52)55-38-36-51(40-57(55)60(56,47-22-8-4-9-23-47)48-24-10-5-11-25-48)61(50-35-29-42-17-12-13-21-46(42)39-50)49-33-30-44(31-34-49)54-37-32-43-18-14-15-26-53(43)58(54)45-19-6-3-7-20-45/h3-41H,1-2H3. The number of anilines is 3. The van der Waals surface area contributed by atoms with Crippen molar-refractivity contribution < 1.29 is 0 Å². The van der Waals surface area contributed by atoms with Crippen LogP contribution in [0.15, 0.2) is 231 Å². The van der Waals surface area contributed by atoms with Crippen LogP contribution in [-0.2, 0) is 5.41 Å². The summed E-state index contributed by atoms with van der Waals surface area (Å²) in [5, 5.41) is 4.94. The van der Waals surface area contributed by atoms with E-state index >= 15 is 0 Å². The Morgan fingerprint density at radius 2 is 0.918 bits per heavy atom. The first-order valence-electron chi connectivity index (χ1n) is 21.5. The van der Waals surface area contributed by atoms with Gasteiger partial charge in [-0.25, -0.2) is 0 Å². The molecule has 10 aromatic rings. The quantitative estimate of drug-likeness (QED) is 0.148. The predicted octanol–water partition coefficient (Wildman–Crippen LogP) is 16.3. The molecule has 0 heterocycles. The second-order valence-corrected chi connectivity index (χ2v) is 16.6. The number of nitrogens with zero attached hydrogens (tertiary/aromatic N) is 1. The number of rotatable bonds is 8. The van der Waals surface area contributed by atoms with Crippen molar-refractivity contribution in [2.24, 2.45) is 0 Å². The molecule has 61 heavy (non-hydrogen) atoms. The summed E-state index contributed by atoms with van der Waals surface area (Å²) >= 11 is 0. The number of hydrogen-bond donors (Lipinski definition) is 0. The molecule has 0 saturated heterocycles. The molecule has 1 aliphatic rings. The summed E-state index contributed by atoms with van der Waals surface area (Å²) in [5.41, 5.74) is 16.9. The van der Waals surface area contributed by atoms with Crippen molar-refractivity contribution in [1.29, 1.82) is 0 Å². The summed E-state index contributed by atoms with van der Waals surface area (Å²) in [4.78, 5) is 2.45. The van der Waals surface area contributed by atoms with Crippen molar-refractivity contribution >= 4 is 38.6 Å². The third-order valence-corrected chi connectivity index (χ3v) is 12.9. The lowest BCUT2D eigenvalue weighted by molar-refractivity contribution is 0.765. The van der Waals surface area contributed by atoms with E-state index in [-0.39, 0.29) is 0 Å². The Bertz CT molecular complexity index is 3160. The molecule has 0 unspecified atom stereocenters. The molecule has 0 N–H and O–H groups in total. The third kappa shape index (κ3) is 6.00. The molecule has 1 nitrogen and oxygen atoms in total. The predicted molar refractivity (Wildman–Crippen MR) is 258 cm³/mol. The molecule has 0 fully saturated rings. The summed E-state index contributed by atoms with van der Waals surface area (Å²) in [6.07, 6.45) is 0. The van der Waals surface area contributed by atoms with Crippen LogP contribution in [0.5, 0.6) is 0 Å². The minimum absolute atomic E-state index is 0.363. The molecule has 290 valence electrons. The fourth-order valence-corrected chi connectivity index (χ4v) is 10.2. The van der Waals surface area contributed by atoms with Crippen molar-refractivity contribution in [3.8, 4) is 33.4 Å². The highest BCUT2D eigenvalue weighted by atomic mass is 15.1. The van der Waals surface area contributed by atoms with Crippen molar-refractivity contribution in [2.45, 2.75) is 25.2 Å². The third-order valence-electron chi connectivity index (χ3n) is 12.9. The molecule has 11 rings (SSSR count). The summed E-state index contributed by atoms with van der Waals surface area (Å²) in [5.74, 6) is 0.363. The van der Waals surface area contributed by atoms with Gasteiger partial charge in [-0.1, -0.05) is 208 Å². The Morgan fingerprint density at radius 3 is 1.62 bits per heavy atom.